The molecule has 2 rings (SSSR count). The van der Waals surface area contributed by atoms with Crippen molar-refractivity contribution in [2.45, 2.75) is 26.5 Å². The van der Waals surface area contributed by atoms with Crippen molar-refractivity contribution in [1.29, 1.82) is 0 Å². The van der Waals surface area contributed by atoms with Gasteiger partial charge in [0.15, 0.2) is 0 Å². The Morgan fingerprint density at radius 3 is 2.88 bits per heavy atom. The van der Waals surface area contributed by atoms with Crippen molar-refractivity contribution in [1.82, 2.24) is 9.55 Å². The first kappa shape index (κ1) is 11.7. The summed E-state index contributed by atoms with van der Waals surface area (Å²) in [6.45, 7) is 4.16. The molecule has 2 aromatic rings. The van der Waals surface area contributed by atoms with Gasteiger partial charge in [-0.05, 0) is 19.9 Å². The van der Waals surface area contributed by atoms with Crippen LogP contribution in [0.3, 0.4) is 0 Å². The minimum Gasteiger partial charge on any atom is -0.508 e. The van der Waals surface area contributed by atoms with Crippen LogP contribution < -0.4 is 0 Å². The molecule has 0 saturated carbocycles. The van der Waals surface area contributed by atoms with Gasteiger partial charge in [-0.2, -0.15) is 0 Å². The van der Waals surface area contributed by atoms with Crippen LogP contribution in [0.25, 0.3) is 0 Å². The van der Waals surface area contributed by atoms with Crippen molar-refractivity contribution in [3.05, 3.63) is 47.5 Å². The molecule has 0 aliphatic rings. The second-order valence-corrected chi connectivity index (χ2v) is 4.22. The summed E-state index contributed by atoms with van der Waals surface area (Å²) in [7, 11) is 0. The van der Waals surface area contributed by atoms with Gasteiger partial charge in [0.25, 0.3) is 0 Å². The average molecular weight is 232 g/mol. The van der Waals surface area contributed by atoms with Gasteiger partial charge in [0.2, 0.25) is 0 Å². The Hall–Kier alpha value is -1.81. The number of phenols is 1. The number of hydrogen-bond acceptors (Lipinski definition) is 3. The fourth-order valence-electron chi connectivity index (χ4n) is 1.85. The maximum absolute atomic E-state index is 9.77. The van der Waals surface area contributed by atoms with Crippen molar-refractivity contribution in [3.8, 4) is 5.75 Å². The Balaban J connectivity index is 2.31. The zero-order valence-electron chi connectivity index (χ0n) is 9.96. The number of aliphatic hydroxyl groups is 1. The quantitative estimate of drug-likeness (QED) is 0.851. The Morgan fingerprint density at radius 1 is 1.41 bits per heavy atom. The van der Waals surface area contributed by atoms with E-state index in [1.807, 2.05) is 23.6 Å². The normalized spacial score (nSPS) is 12.6. The van der Waals surface area contributed by atoms with Crippen LogP contribution in [-0.4, -0.2) is 19.8 Å². The lowest BCUT2D eigenvalue weighted by Crippen LogP contribution is -2.07. The highest BCUT2D eigenvalue weighted by molar-refractivity contribution is 5.36. The predicted octanol–water partition coefficient (Wildman–Crippen LogP) is 2.00. The molecule has 0 spiro atoms. The molecule has 0 bridgehead atoms. The number of rotatable bonds is 3. The molecule has 0 amide bonds. The first-order valence-electron chi connectivity index (χ1n) is 5.55. The summed E-state index contributed by atoms with van der Waals surface area (Å²) in [6.07, 6.45) is 2.83. The van der Waals surface area contributed by atoms with Crippen LogP contribution >= 0.6 is 0 Å². The van der Waals surface area contributed by atoms with Gasteiger partial charge in [-0.15, -0.1) is 0 Å². The van der Waals surface area contributed by atoms with Crippen molar-refractivity contribution in [2.24, 2.45) is 0 Å². The van der Waals surface area contributed by atoms with E-state index >= 15 is 0 Å². The summed E-state index contributed by atoms with van der Waals surface area (Å²) in [5.74, 6) is 0.867. The van der Waals surface area contributed by atoms with E-state index in [4.69, 9.17) is 0 Å². The van der Waals surface area contributed by atoms with E-state index in [0.29, 0.717) is 12.4 Å². The molecular weight excluding hydrogens is 216 g/mol. The predicted molar refractivity (Wildman–Crippen MR) is 64.8 cm³/mol. The molecule has 0 fully saturated rings. The fraction of sp³-hybridized carbons (Fsp3) is 0.308. The van der Waals surface area contributed by atoms with E-state index in [9.17, 15) is 10.2 Å². The van der Waals surface area contributed by atoms with E-state index in [2.05, 4.69) is 4.98 Å². The van der Waals surface area contributed by atoms with E-state index in [-0.39, 0.29) is 5.75 Å². The minimum absolute atomic E-state index is 0.265. The van der Waals surface area contributed by atoms with Crippen LogP contribution in [0, 0.1) is 6.92 Å². The van der Waals surface area contributed by atoms with Crippen molar-refractivity contribution >= 4 is 0 Å². The number of phenolic OH excluding ortho intramolecular Hbond substituents is 1. The summed E-state index contributed by atoms with van der Waals surface area (Å²) >= 11 is 0. The Bertz CT molecular complexity index is 518. The van der Waals surface area contributed by atoms with Gasteiger partial charge < -0.3 is 14.8 Å². The molecule has 17 heavy (non-hydrogen) atoms. The lowest BCUT2D eigenvalue weighted by molar-refractivity contribution is 0.184. The smallest absolute Gasteiger partial charge is 0.137 e. The molecule has 1 aromatic carbocycles. The number of imidazole rings is 1. The van der Waals surface area contributed by atoms with E-state index in [1.165, 1.54) is 0 Å². The number of benzene rings is 1. The third kappa shape index (κ3) is 2.47. The molecule has 0 radical (unpaired) electrons. The molecule has 4 heteroatoms. The minimum atomic E-state index is -0.614. The summed E-state index contributed by atoms with van der Waals surface area (Å²) in [6, 6.07) is 5.48. The fourth-order valence-corrected chi connectivity index (χ4v) is 1.85. The second-order valence-electron chi connectivity index (χ2n) is 4.22. The molecule has 4 nitrogen and oxygen atoms in total. The zero-order chi connectivity index (χ0) is 12.4. The van der Waals surface area contributed by atoms with Crippen LogP contribution in [0.15, 0.2) is 30.6 Å². The molecule has 90 valence electrons. The number of nitrogens with zero attached hydrogens (tertiary/aromatic N) is 2. The number of aliphatic hydroxyl groups excluding tert-OH is 1. The number of aromatic hydroxyl groups is 1. The number of hydrogen-bond donors (Lipinski definition) is 2. The highest BCUT2D eigenvalue weighted by Crippen LogP contribution is 2.21. The van der Waals surface area contributed by atoms with E-state index in [1.54, 1.807) is 25.4 Å². The lowest BCUT2D eigenvalue weighted by Gasteiger charge is -2.11. The average Bonchev–Trinajstić information content (AvgIpc) is 2.71. The highest BCUT2D eigenvalue weighted by atomic mass is 16.3. The van der Waals surface area contributed by atoms with Gasteiger partial charge in [0.1, 0.15) is 17.7 Å². The van der Waals surface area contributed by atoms with Crippen LogP contribution in [0.5, 0.6) is 5.75 Å². The van der Waals surface area contributed by atoms with Gasteiger partial charge in [-0.3, -0.25) is 0 Å². The standard InChI is InChI=1S/C13H16N2O2/c1-9-3-4-12(17)11(7-9)8-15-6-5-14-13(15)10(2)16/h3-7,10,16-17H,8H2,1-2H3. The van der Waals surface area contributed by atoms with Gasteiger partial charge >= 0.3 is 0 Å². The SMILES string of the molecule is Cc1ccc(O)c(Cn2ccnc2C(C)O)c1. The van der Waals surface area contributed by atoms with Gasteiger partial charge in [0, 0.05) is 18.0 Å². The largest absolute Gasteiger partial charge is 0.508 e. The molecular formula is C13H16N2O2. The molecule has 0 aliphatic heterocycles. The Morgan fingerprint density at radius 2 is 2.18 bits per heavy atom. The summed E-state index contributed by atoms with van der Waals surface area (Å²) in [5, 5.41) is 19.3. The molecule has 0 saturated heterocycles. The molecule has 1 unspecified atom stereocenters. The monoisotopic (exact) mass is 232 g/mol. The van der Waals surface area contributed by atoms with Gasteiger partial charge in [-0.25, -0.2) is 4.98 Å². The Labute approximate surface area is 100 Å². The molecule has 0 aliphatic carbocycles. The van der Waals surface area contributed by atoms with Crippen molar-refractivity contribution in [2.75, 3.05) is 0 Å². The maximum atomic E-state index is 9.77. The summed E-state index contributed by atoms with van der Waals surface area (Å²) in [5.41, 5.74) is 1.92. The molecule has 1 atom stereocenters. The highest BCUT2D eigenvalue weighted by Gasteiger charge is 2.10. The molecule has 2 N–H and O–H groups in total. The maximum Gasteiger partial charge on any atom is 0.137 e. The summed E-state index contributed by atoms with van der Waals surface area (Å²) < 4.78 is 1.83. The first-order valence-corrected chi connectivity index (χ1v) is 5.55. The Kier molecular flexibility index (Phi) is 3.15. The second kappa shape index (κ2) is 4.59. The third-order valence-electron chi connectivity index (χ3n) is 2.70. The lowest BCUT2D eigenvalue weighted by atomic mass is 10.1. The number of aryl methyl sites for hydroxylation is 1. The van der Waals surface area contributed by atoms with Gasteiger partial charge in [-0.1, -0.05) is 17.7 Å². The molecule has 1 heterocycles. The third-order valence-corrected chi connectivity index (χ3v) is 2.70. The van der Waals surface area contributed by atoms with Crippen molar-refractivity contribution in [3.63, 3.8) is 0 Å². The summed E-state index contributed by atoms with van der Waals surface area (Å²) in [4.78, 5) is 4.10. The van der Waals surface area contributed by atoms with Crippen LogP contribution in [0.2, 0.25) is 0 Å². The molecule has 1 aromatic heterocycles. The zero-order valence-corrected chi connectivity index (χ0v) is 9.96. The van der Waals surface area contributed by atoms with Gasteiger partial charge in [0.05, 0.1) is 6.54 Å². The van der Waals surface area contributed by atoms with Crippen molar-refractivity contribution < 1.29 is 10.2 Å². The van der Waals surface area contributed by atoms with Crippen LogP contribution in [-0.2, 0) is 6.54 Å². The van der Waals surface area contributed by atoms with E-state index in [0.717, 1.165) is 11.1 Å². The van der Waals surface area contributed by atoms with Crippen LogP contribution in [0.1, 0.15) is 30.0 Å². The number of aromatic nitrogens is 2. The first-order chi connectivity index (χ1) is 8.08. The van der Waals surface area contributed by atoms with Crippen LogP contribution in [0.4, 0.5) is 0 Å². The van der Waals surface area contributed by atoms with E-state index < -0.39 is 6.10 Å². The topological polar surface area (TPSA) is 58.3 Å².